The third-order valence-corrected chi connectivity index (χ3v) is 3.71. The Kier molecular flexibility index (Phi) is 4.42. The number of rotatable bonds is 4. The number of hydrogen-bond acceptors (Lipinski definition) is 3. The van der Waals surface area contributed by atoms with Crippen molar-refractivity contribution >= 4 is 11.9 Å². The summed E-state index contributed by atoms with van der Waals surface area (Å²) in [4.78, 5) is 25.2. The molecule has 0 unspecified atom stereocenters. The van der Waals surface area contributed by atoms with E-state index in [9.17, 15) is 9.59 Å². The van der Waals surface area contributed by atoms with E-state index in [1.807, 2.05) is 6.07 Å². The number of likely N-dealkylation sites (tertiary alicyclic amines) is 1. The maximum Gasteiger partial charge on any atom is 0.308 e. The predicted octanol–water partition coefficient (Wildman–Crippen LogP) is 1.31. The molecule has 0 aromatic carbocycles. The second-order valence-corrected chi connectivity index (χ2v) is 5.32. The summed E-state index contributed by atoms with van der Waals surface area (Å²) < 4.78 is 1.59. The van der Waals surface area contributed by atoms with E-state index in [4.69, 9.17) is 5.11 Å². The van der Waals surface area contributed by atoms with Gasteiger partial charge in [0.05, 0.1) is 11.6 Å². The van der Waals surface area contributed by atoms with Gasteiger partial charge in [0.1, 0.15) is 5.69 Å². The lowest BCUT2D eigenvalue weighted by atomic mass is 9.98. The van der Waals surface area contributed by atoms with Gasteiger partial charge in [-0.25, -0.2) is 0 Å². The highest BCUT2D eigenvalue weighted by Gasteiger charge is 2.29. The smallest absolute Gasteiger partial charge is 0.308 e. The van der Waals surface area contributed by atoms with Gasteiger partial charge in [-0.15, -0.1) is 0 Å². The third kappa shape index (κ3) is 3.00. The molecule has 20 heavy (non-hydrogen) atoms. The Morgan fingerprint density at radius 1 is 1.50 bits per heavy atom. The molecule has 2 rings (SSSR count). The van der Waals surface area contributed by atoms with Gasteiger partial charge in [-0.2, -0.15) is 5.10 Å². The number of aromatic nitrogens is 2. The number of nitrogens with zero attached hydrogens (tertiary/aromatic N) is 3. The topological polar surface area (TPSA) is 75.4 Å². The molecule has 110 valence electrons. The van der Waals surface area contributed by atoms with Crippen molar-refractivity contribution in [3.63, 3.8) is 0 Å². The molecule has 1 aromatic heterocycles. The van der Waals surface area contributed by atoms with Gasteiger partial charge in [0.15, 0.2) is 0 Å². The van der Waals surface area contributed by atoms with Crippen LogP contribution >= 0.6 is 0 Å². The first-order valence-corrected chi connectivity index (χ1v) is 7.08. The number of aliphatic carboxylic acids is 1. The fourth-order valence-electron chi connectivity index (χ4n) is 2.63. The number of carboxylic acid groups (broad SMARTS) is 1. The van der Waals surface area contributed by atoms with Crippen LogP contribution < -0.4 is 0 Å². The highest BCUT2D eigenvalue weighted by Crippen LogP contribution is 2.19. The van der Waals surface area contributed by atoms with Gasteiger partial charge < -0.3 is 10.0 Å². The molecule has 0 radical (unpaired) electrons. The van der Waals surface area contributed by atoms with Crippen molar-refractivity contribution in [3.8, 4) is 0 Å². The van der Waals surface area contributed by atoms with Crippen molar-refractivity contribution in [1.82, 2.24) is 14.7 Å². The highest BCUT2D eigenvalue weighted by molar-refractivity contribution is 5.93. The average Bonchev–Trinajstić information content (AvgIpc) is 2.79. The van der Waals surface area contributed by atoms with E-state index in [-0.39, 0.29) is 5.91 Å². The van der Waals surface area contributed by atoms with Crippen molar-refractivity contribution in [1.29, 1.82) is 0 Å². The lowest BCUT2D eigenvalue weighted by Gasteiger charge is -2.30. The van der Waals surface area contributed by atoms with Gasteiger partial charge in [0, 0.05) is 20.1 Å². The van der Waals surface area contributed by atoms with Crippen LogP contribution in [0.1, 0.15) is 42.4 Å². The summed E-state index contributed by atoms with van der Waals surface area (Å²) in [6.45, 7) is 2.98. The predicted molar refractivity (Wildman–Crippen MR) is 73.5 cm³/mol. The first kappa shape index (κ1) is 14.6. The average molecular weight is 279 g/mol. The van der Waals surface area contributed by atoms with Gasteiger partial charge in [-0.3, -0.25) is 14.3 Å². The molecule has 1 amide bonds. The zero-order valence-corrected chi connectivity index (χ0v) is 12.0. The van der Waals surface area contributed by atoms with E-state index < -0.39 is 11.9 Å². The summed E-state index contributed by atoms with van der Waals surface area (Å²) in [6.07, 6.45) is 3.21. The van der Waals surface area contributed by atoms with Gasteiger partial charge in [0.2, 0.25) is 0 Å². The van der Waals surface area contributed by atoms with Crippen LogP contribution in [0, 0.1) is 5.92 Å². The van der Waals surface area contributed by atoms with Crippen LogP contribution in [0.4, 0.5) is 0 Å². The lowest BCUT2D eigenvalue weighted by molar-refractivity contribution is -0.143. The van der Waals surface area contributed by atoms with E-state index in [1.165, 1.54) is 0 Å². The molecule has 6 nitrogen and oxygen atoms in total. The number of carboxylic acids is 1. The van der Waals surface area contributed by atoms with E-state index in [0.717, 1.165) is 25.0 Å². The first-order chi connectivity index (χ1) is 9.52. The minimum Gasteiger partial charge on any atom is -0.481 e. The number of hydrogen-bond donors (Lipinski definition) is 1. The SMILES string of the molecule is CCCc1cc(C(=O)N2CCC[C@@H](C(=O)O)C2)n(C)n1. The molecule has 1 atom stereocenters. The van der Waals surface area contributed by atoms with Crippen LogP contribution in [0.5, 0.6) is 0 Å². The van der Waals surface area contributed by atoms with Crippen molar-refractivity contribution in [3.05, 3.63) is 17.5 Å². The molecule has 1 aromatic rings. The quantitative estimate of drug-likeness (QED) is 0.901. The largest absolute Gasteiger partial charge is 0.481 e. The second-order valence-electron chi connectivity index (χ2n) is 5.32. The van der Waals surface area contributed by atoms with Crippen molar-refractivity contribution in [2.45, 2.75) is 32.6 Å². The Hall–Kier alpha value is -1.85. The summed E-state index contributed by atoms with van der Waals surface area (Å²) in [7, 11) is 1.75. The van der Waals surface area contributed by atoms with Gasteiger partial charge in [-0.05, 0) is 25.3 Å². The maximum atomic E-state index is 12.5. The Morgan fingerprint density at radius 3 is 2.90 bits per heavy atom. The standard InChI is InChI=1S/C14H21N3O3/c1-3-5-11-8-12(16(2)15-11)13(18)17-7-4-6-10(9-17)14(19)20/h8,10H,3-7,9H2,1-2H3,(H,19,20)/t10-/m1/s1. The molecule has 6 heteroatoms. The fraction of sp³-hybridized carbons (Fsp3) is 0.643. The zero-order valence-electron chi connectivity index (χ0n) is 12.0. The summed E-state index contributed by atoms with van der Waals surface area (Å²) in [5.74, 6) is -1.39. The lowest BCUT2D eigenvalue weighted by Crippen LogP contribution is -2.42. The Balaban J connectivity index is 2.12. The van der Waals surface area contributed by atoms with E-state index in [0.29, 0.717) is 25.2 Å². The van der Waals surface area contributed by atoms with Gasteiger partial charge in [-0.1, -0.05) is 13.3 Å². The van der Waals surface area contributed by atoms with E-state index in [2.05, 4.69) is 12.0 Å². The number of piperidine rings is 1. The number of amides is 1. The van der Waals surface area contributed by atoms with Gasteiger partial charge >= 0.3 is 5.97 Å². The van der Waals surface area contributed by atoms with Crippen LogP contribution in [0.25, 0.3) is 0 Å². The summed E-state index contributed by atoms with van der Waals surface area (Å²) in [6, 6.07) is 1.82. The molecule has 1 aliphatic heterocycles. The Morgan fingerprint density at radius 2 is 2.25 bits per heavy atom. The minimum absolute atomic E-state index is 0.117. The molecular weight excluding hydrogens is 258 g/mol. The molecule has 1 N–H and O–H groups in total. The number of carbonyl (C=O) groups excluding carboxylic acids is 1. The Bertz CT molecular complexity index is 510. The fourth-order valence-corrected chi connectivity index (χ4v) is 2.63. The van der Waals surface area contributed by atoms with Crippen LogP contribution in [-0.2, 0) is 18.3 Å². The molecular formula is C14H21N3O3. The second kappa shape index (κ2) is 6.07. The van der Waals surface area contributed by atoms with E-state index >= 15 is 0 Å². The van der Waals surface area contributed by atoms with Crippen molar-refractivity contribution in [2.24, 2.45) is 13.0 Å². The van der Waals surface area contributed by atoms with Crippen molar-refractivity contribution in [2.75, 3.05) is 13.1 Å². The van der Waals surface area contributed by atoms with Crippen LogP contribution in [0.3, 0.4) is 0 Å². The number of aryl methyl sites for hydroxylation is 2. The van der Waals surface area contributed by atoms with Crippen LogP contribution in [0.15, 0.2) is 6.07 Å². The van der Waals surface area contributed by atoms with Crippen LogP contribution in [0.2, 0.25) is 0 Å². The minimum atomic E-state index is -0.820. The van der Waals surface area contributed by atoms with E-state index in [1.54, 1.807) is 16.6 Å². The molecule has 0 aliphatic carbocycles. The third-order valence-electron chi connectivity index (χ3n) is 3.71. The summed E-state index contributed by atoms with van der Waals surface area (Å²) in [5, 5.41) is 13.4. The summed E-state index contributed by atoms with van der Waals surface area (Å²) in [5.41, 5.74) is 1.45. The molecule has 1 aliphatic rings. The normalized spacial score (nSPS) is 19.1. The highest BCUT2D eigenvalue weighted by atomic mass is 16.4. The van der Waals surface area contributed by atoms with Crippen molar-refractivity contribution < 1.29 is 14.7 Å². The maximum absolute atomic E-state index is 12.5. The van der Waals surface area contributed by atoms with Crippen LogP contribution in [-0.4, -0.2) is 44.8 Å². The molecule has 0 bridgehead atoms. The molecule has 1 fully saturated rings. The monoisotopic (exact) mass is 279 g/mol. The molecule has 0 saturated carbocycles. The molecule has 0 spiro atoms. The molecule has 2 heterocycles. The zero-order chi connectivity index (χ0) is 14.7. The number of carbonyl (C=O) groups is 2. The van der Waals surface area contributed by atoms with Gasteiger partial charge in [0.25, 0.3) is 5.91 Å². The first-order valence-electron chi connectivity index (χ1n) is 7.08. The summed E-state index contributed by atoms with van der Waals surface area (Å²) >= 11 is 0. The Labute approximate surface area is 118 Å². The molecule has 1 saturated heterocycles.